The van der Waals surface area contributed by atoms with Crippen LogP contribution in [0.2, 0.25) is 0 Å². The molecule has 102 valence electrons. The number of amides is 1. The zero-order chi connectivity index (χ0) is 13.7. The van der Waals surface area contributed by atoms with Gasteiger partial charge in [0.1, 0.15) is 5.82 Å². The lowest BCUT2D eigenvalue weighted by Crippen LogP contribution is -2.29. The van der Waals surface area contributed by atoms with Crippen molar-refractivity contribution in [1.29, 1.82) is 0 Å². The number of hydrogen-bond acceptors (Lipinski definition) is 4. The van der Waals surface area contributed by atoms with Crippen LogP contribution in [0.15, 0.2) is 17.5 Å². The third-order valence-corrected chi connectivity index (χ3v) is 3.77. The van der Waals surface area contributed by atoms with E-state index in [0.717, 1.165) is 25.1 Å². The number of carbonyl (C=O) groups is 1. The van der Waals surface area contributed by atoms with E-state index in [9.17, 15) is 4.79 Å². The van der Waals surface area contributed by atoms with Gasteiger partial charge in [-0.05, 0) is 24.3 Å². The molecular formula is C13H18N4OS. The maximum atomic E-state index is 12.1. The molecule has 0 spiro atoms. The van der Waals surface area contributed by atoms with Crippen LogP contribution in [-0.4, -0.2) is 39.6 Å². The number of hydrogen-bond donors (Lipinski definition) is 1. The zero-order valence-electron chi connectivity index (χ0n) is 11.2. The topological polar surface area (TPSA) is 61.9 Å². The van der Waals surface area contributed by atoms with Gasteiger partial charge in [0.25, 0.3) is 5.91 Å². The molecule has 0 radical (unpaired) electrons. The summed E-state index contributed by atoms with van der Waals surface area (Å²) in [5.41, 5.74) is 0. The normalized spacial score (nSPS) is 10.6. The molecule has 19 heavy (non-hydrogen) atoms. The van der Waals surface area contributed by atoms with E-state index in [1.807, 2.05) is 11.4 Å². The Balaban J connectivity index is 1.90. The zero-order valence-corrected chi connectivity index (χ0v) is 12.0. The number of nitrogens with zero attached hydrogens (tertiary/aromatic N) is 3. The van der Waals surface area contributed by atoms with E-state index >= 15 is 0 Å². The first-order valence-electron chi connectivity index (χ1n) is 6.39. The molecule has 0 bridgehead atoms. The second-order valence-electron chi connectivity index (χ2n) is 4.41. The number of thiophene rings is 1. The van der Waals surface area contributed by atoms with E-state index < -0.39 is 0 Å². The van der Waals surface area contributed by atoms with Gasteiger partial charge in [-0.1, -0.05) is 13.0 Å². The number of likely N-dealkylation sites (N-methyl/N-ethyl adjacent to an activating group) is 1. The SMILES string of the molecule is CCCc1nc(C(=O)N(C)CCc2cccs2)n[nH]1. The van der Waals surface area contributed by atoms with Gasteiger partial charge in [-0.3, -0.25) is 9.89 Å². The van der Waals surface area contributed by atoms with Gasteiger partial charge >= 0.3 is 0 Å². The first-order chi connectivity index (χ1) is 9.20. The fourth-order valence-corrected chi connectivity index (χ4v) is 2.44. The molecule has 0 atom stereocenters. The van der Waals surface area contributed by atoms with Crippen molar-refractivity contribution in [2.75, 3.05) is 13.6 Å². The summed E-state index contributed by atoms with van der Waals surface area (Å²) in [5.74, 6) is 0.907. The van der Waals surface area contributed by atoms with E-state index in [4.69, 9.17) is 0 Å². The van der Waals surface area contributed by atoms with Crippen molar-refractivity contribution in [1.82, 2.24) is 20.1 Å². The van der Waals surface area contributed by atoms with Gasteiger partial charge in [0.05, 0.1) is 0 Å². The Morgan fingerprint density at radius 2 is 2.32 bits per heavy atom. The van der Waals surface area contributed by atoms with Crippen LogP contribution in [0.1, 0.15) is 34.7 Å². The lowest BCUT2D eigenvalue weighted by atomic mass is 10.3. The van der Waals surface area contributed by atoms with Crippen molar-refractivity contribution in [2.45, 2.75) is 26.2 Å². The molecule has 1 N–H and O–H groups in total. The fourth-order valence-electron chi connectivity index (χ4n) is 1.74. The van der Waals surface area contributed by atoms with Crippen LogP contribution in [0.5, 0.6) is 0 Å². The third kappa shape index (κ3) is 3.64. The number of aryl methyl sites for hydroxylation is 1. The molecule has 5 nitrogen and oxygen atoms in total. The molecule has 6 heteroatoms. The molecule has 0 aliphatic heterocycles. The van der Waals surface area contributed by atoms with Crippen LogP contribution in [0.4, 0.5) is 0 Å². The molecule has 0 saturated heterocycles. The second kappa shape index (κ2) is 6.47. The maximum Gasteiger partial charge on any atom is 0.293 e. The molecule has 0 aliphatic rings. The van der Waals surface area contributed by atoms with Crippen molar-refractivity contribution < 1.29 is 4.79 Å². The Morgan fingerprint density at radius 1 is 1.47 bits per heavy atom. The van der Waals surface area contributed by atoms with Crippen LogP contribution in [0.3, 0.4) is 0 Å². The Bertz CT molecular complexity index is 520. The van der Waals surface area contributed by atoms with Gasteiger partial charge in [-0.2, -0.15) is 0 Å². The van der Waals surface area contributed by atoms with Crippen molar-refractivity contribution in [3.05, 3.63) is 34.0 Å². The molecule has 2 heterocycles. The van der Waals surface area contributed by atoms with Crippen molar-refractivity contribution >= 4 is 17.2 Å². The monoisotopic (exact) mass is 278 g/mol. The highest BCUT2D eigenvalue weighted by atomic mass is 32.1. The summed E-state index contributed by atoms with van der Waals surface area (Å²) in [7, 11) is 1.78. The molecule has 2 aromatic rings. The van der Waals surface area contributed by atoms with Gasteiger partial charge in [-0.15, -0.1) is 16.4 Å². The summed E-state index contributed by atoms with van der Waals surface area (Å²) in [6.45, 7) is 2.74. The summed E-state index contributed by atoms with van der Waals surface area (Å²) in [6, 6.07) is 4.10. The number of carbonyl (C=O) groups excluding carboxylic acids is 1. The highest BCUT2D eigenvalue weighted by Crippen LogP contribution is 2.10. The number of aromatic amines is 1. The maximum absolute atomic E-state index is 12.1. The lowest BCUT2D eigenvalue weighted by Gasteiger charge is -2.14. The average molecular weight is 278 g/mol. The molecular weight excluding hydrogens is 260 g/mol. The van der Waals surface area contributed by atoms with E-state index in [2.05, 4.69) is 28.2 Å². The van der Waals surface area contributed by atoms with Crippen LogP contribution >= 0.6 is 11.3 Å². The number of aromatic nitrogens is 3. The fraction of sp³-hybridized carbons (Fsp3) is 0.462. The Kier molecular flexibility index (Phi) is 4.68. The summed E-state index contributed by atoms with van der Waals surface area (Å²) < 4.78 is 0. The second-order valence-corrected chi connectivity index (χ2v) is 5.44. The van der Waals surface area contributed by atoms with Crippen LogP contribution < -0.4 is 0 Å². The summed E-state index contributed by atoms with van der Waals surface area (Å²) in [5, 5.41) is 8.83. The largest absolute Gasteiger partial charge is 0.339 e. The lowest BCUT2D eigenvalue weighted by molar-refractivity contribution is 0.0785. The number of nitrogens with one attached hydrogen (secondary N) is 1. The molecule has 2 rings (SSSR count). The van der Waals surface area contributed by atoms with E-state index in [1.165, 1.54) is 4.88 Å². The number of rotatable bonds is 6. The predicted molar refractivity (Wildman–Crippen MR) is 75.4 cm³/mol. The summed E-state index contributed by atoms with van der Waals surface area (Å²) in [6.07, 6.45) is 2.67. The minimum atomic E-state index is -0.129. The third-order valence-electron chi connectivity index (χ3n) is 2.83. The average Bonchev–Trinajstić information content (AvgIpc) is 3.06. The Morgan fingerprint density at radius 3 is 3.00 bits per heavy atom. The smallest absolute Gasteiger partial charge is 0.293 e. The molecule has 0 fully saturated rings. The summed E-state index contributed by atoms with van der Waals surface area (Å²) >= 11 is 1.71. The van der Waals surface area contributed by atoms with Crippen molar-refractivity contribution in [3.8, 4) is 0 Å². The quantitative estimate of drug-likeness (QED) is 0.880. The highest BCUT2D eigenvalue weighted by Gasteiger charge is 2.16. The number of H-pyrrole nitrogens is 1. The highest BCUT2D eigenvalue weighted by molar-refractivity contribution is 7.09. The van der Waals surface area contributed by atoms with Crippen LogP contribution in [0, 0.1) is 0 Å². The Labute approximate surface area is 116 Å². The first-order valence-corrected chi connectivity index (χ1v) is 7.27. The van der Waals surface area contributed by atoms with Crippen LogP contribution in [-0.2, 0) is 12.8 Å². The van der Waals surface area contributed by atoms with Gasteiger partial charge in [0, 0.05) is 24.9 Å². The molecule has 2 aromatic heterocycles. The van der Waals surface area contributed by atoms with Crippen molar-refractivity contribution in [3.63, 3.8) is 0 Å². The van der Waals surface area contributed by atoms with Gasteiger partial charge < -0.3 is 4.90 Å². The summed E-state index contributed by atoms with van der Waals surface area (Å²) in [4.78, 5) is 19.3. The van der Waals surface area contributed by atoms with Gasteiger partial charge in [0.15, 0.2) is 0 Å². The standard InChI is InChI=1S/C13H18N4OS/c1-3-5-11-14-12(16-15-11)13(18)17(2)8-7-10-6-4-9-19-10/h4,6,9H,3,5,7-8H2,1-2H3,(H,14,15,16). The van der Waals surface area contributed by atoms with Gasteiger partial charge in [-0.25, -0.2) is 4.98 Å². The molecule has 1 amide bonds. The minimum Gasteiger partial charge on any atom is -0.339 e. The van der Waals surface area contributed by atoms with E-state index in [-0.39, 0.29) is 11.7 Å². The molecule has 0 aliphatic carbocycles. The molecule has 0 aromatic carbocycles. The van der Waals surface area contributed by atoms with Crippen molar-refractivity contribution in [2.24, 2.45) is 0 Å². The Hall–Kier alpha value is -1.69. The predicted octanol–water partition coefficient (Wildman–Crippen LogP) is 2.13. The van der Waals surface area contributed by atoms with E-state index in [0.29, 0.717) is 6.54 Å². The van der Waals surface area contributed by atoms with Crippen LogP contribution in [0.25, 0.3) is 0 Å². The van der Waals surface area contributed by atoms with Gasteiger partial charge in [0.2, 0.25) is 5.82 Å². The first kappa shape index (κ1) is 13.7. The molecule has 0 saturated carbocycles. The van der Waals surface area contributed by atoms with E-state index in [1.54, 1.807) is 23.3 Å². The minimum absolute atomic E-state index is 0.129. The molecule has 0 unspecified atom stereocenters.